The fourth-order valence-electron chi connectivity index (χ4n) is 1.42. The predicted octanol–water partition coefficient (Wildman–Crippen LogP) is 1.48. The van der Waals surface area contributed by atoms with Crippen LogP contribution in [0, 0.1) is 0 Å². The lowest BCUT2D eigenvalue weighted by Gasteiger charge is -2.25. The Kier molecular flexibility index (Phi) is 6.57. The van der Waals surface area contributed by atoms with Crippen molar-refractivity contribution in [2.75, 3.05) is 19.6 Å². The van der Waals surface area contributed by atoms with Gasteiger partial charge in [0.25, 0.3) is 0 Å². The largest absolute Gasteiger partial charge is 0.303 e. The van der Waals surface area contributed by atoms with E-state index < -0.39 is 0 Å². The molecule has 0 amide bonds. The summed E-state index contributed by atoms with van der Waals surface area (Å²) in [7, 11) is 0. The highest BCUT2D eigenvalue weighted by atomic mass is 35.5. The van der Waals surface area contributed by atoms with Crippen molar-refractivity contribution in [1.29, 1.82) is 0 Å². The van der Waals surface area contributed by atoms with Crippen molar-refractivity contribution in [2.45, 2.75) is 25.7 Å². The lowest BCUT2D eigenvalue weighted by atomic mass is 10.1. The van der Waals surface area contributed by atoms with Crippen molar-refractivity contribution >= 4 is 18.7 Å². The minimum atomic E-state index is 0. The molecule has 0 aliphatic carbocycles. The molecule has 0 aromatic rings. The number of carbonyl (C=O) groups is 1. The molecule has 0 unspecified atom stereocenters. The van der Waals surface area contributed by atoms with Crippen molar-refractivity contribution in [2.24, 2.45) is 0 Å². The van der Waals surface area contributed by atoms with Crippen LogP contribution in [0.2, 0.25) is 0 Å². The summed E-state index contributed by atoms with van der Waals surface area (Å²) in [5.74, 6) is 0. The van der Waals surface area contributed by atoms with Crippen LogP contribution < -0.4 is 0 Å². The first-order valence-corrected chi connectivity index (χ1v) is 4.09. The van der Waals surface area contributed by atoms with Gasteiger partial charge in [-0.2, -0.15) is 0 Å². The highest BCUT2D eigenvalue weighted by molar-refractivity contribution is 5.85. The summed E-state index contributed by atoms with van der Waals surface area (Å²) in [5, 5.41) is 0. The summed E-state index contributed by atoms with van der Waals surface area (Å²) in [6.07, 6.45) is 5.73. The summed E-state index contributed by atoms with van der Waals surface area (Å²) in [4.78, 5) is 12.4. The number of halogens is 1. The van der Waals surface area contributed by atoms with Gasteiger partial charge in [-0.05, 0) is 25.9 Å². The molecule has 1 saturated heterocycles. The Hall–Kier alpha value is -0.0800. The molecule has 1 fully saturated rings. The van der Waals surface area contributed by atoms with Gasteiger partial charge < -0.3 is 9.69 Å². The maximum Gasteiger partial charge on any atom is 0.121 e. The molecule has 0 aromatic carbocycles. The van der Waals surface area contributed by atoms with Gasteiger partial charge in [-0.15, -0.1) is 12.4 Å². The van der Waals surface area contributed by atoms with E-state index in [1.165, 1.54) is 32.4 Å². The molecule has 11 heavy (non-hydrogen) atoms. The molecular formula is C8H16ClNO. The minimum absolute atomic E-state index is 0. The van der Waals surface area contributed by atoms with Crippen LogP contribution in [0.15, 0.2) is 0 Å². The number of carbonyl (C=O) groups excluding carboxylic acids is 1. The molecule has 1 heterocycles. The van der Waals surface area contributed by atoms with Gasteiger partial charge in [0.2, 0.25) is 0 Å². The summed E-state index contributed by atoms with van der Waals surface area (Å²) >= 11 is 0. The lowest BCUT2D eigenvalue weighted by Crippen LogP contribution is -2.30. The average Bonchev–Trinajstić information content (AvgIpc) is 2.03. The molecular weight excluding hydrogens is 162 g/mol. The quantitative estimate of drug-likeness (QED) is 0.609. The number of rotatable bonds is 3. The molecule has 0 spiro atoms. The first-order chi connectivity index (χ1) is 4.93. The first kappa shape index (κ1) is 10.9. The topological polar surface area (TPSA) is 20.3 Å². The van der Waals surface area contributed by atoms with Gasteiger partial charge in [0, 0.05) is 13.0 Å². The molecule has 66 valence electrons. The molecule has 2 nitrogen and oxygen atoms in total. The van der Waals surface area contributed by atoms with E-state index in [0.29, 0.717) is 6.42 Å². The Morgan fingerprint density at radius 1 is 1.18 bits per heavy atom. The standard InChI is InChI=1S/C8H15NO.ClH/c10-8-4-7-9-5-2-1-3-6-9;/h8H,1-7H2;1H. The third-order valence-electron chi connectivity index (χ3n) is 2.01. The fourth-order valence-corrected chi connectivity index (χ4v) is 1.42. The zero-order chi connectivity index (χ0) is 7.23. The Bertz CT molecular complexity index is 102. The second kappa shape index (κ2) is 6.62. The third-order valence-corrected chi connectivity index (χ3v) is 2.01. The molecule has 0 aromatic heterocycles. The van der Waals surface area contributed by atoms with Crippen LogP contribution in [0.5, 0.6) is 0 Å². The summed E-state index contributed by atoms with van der Waals surface area (Å²) in [6.45, 7) is 3.38. The van der Waals surface area contributed by atoms with Crippen molar-refractivity contribution in [3.8, 4) is 0 Å². The van der Waals surface area contributed by atoms with Crippen molar-refractivity contribution in [1.82, 2.24) is 4.90 Å². The normalized spacial score (nSPS) is 18.9. The number of hydrogen-bond acceptors (Lipinski definition) is 2. The van der Waals surface area contributed by atoms with E-state index in [-0.39, 0.29) is 12.4 Å². The highest BCUT2D eigenvalue weighted by Gasteiger charge is 2.07. The van der Waals surface area contributed by atoms with Crippen molar-refractivity contribution in [3.63, 3.8) is 0 Å². The van der Waals surface area contributed by atoms with Crippen LogP contribution in [0.4, 0.5) is 0 Å². The molecule has 1 rings (SSSR count). The molecule has 0 saturated carbocycles. The van der Waals surface area contributed by atoms with Gasteiger partial charge in [0.05, 0.1) is 0 Å². The summed E-state index contributed by atoms with van der Waals surface area (Å²) in [6, 6.07) is 0. The molecule has 0 radical (unpaired) electrons. The van der Waals surface area contributed by atoms with Crippen molar-refractivity contribution < 1.29 is 4.79 Å². The zero-order valence-corrected chi connectivity index (χ0v) is 7.61. The van der Waals surface area contributed by atoms with E-state index in [9.17, 15) is 4.79 Å². The molecule has 0 atom stereocenters. The third kappa shape index (κ3) is 4.38. The van der Waals surface area contributed by atoms with Gasteiger partial charge in [0.15, 0.2) is 0 Å². The van der Waals surface area contributed by atoms with Gasteiger partial charge in [-0.25, -0.2) is 0 Å². The predicted molar refractivity (Wildman–Crippen MR) is 48.2 cm³/mol. The number of piperidine rings is 1. The van der Waals surface area contributed by atoms with E-state index in [1.807, 2.05) is 0 Å². The second-order valence-corrected chi connectivity index (χ2v) is 2.86. The average molecular weight is 178 g/mol. The monoisotopic (exact) mass is 177 g/mol. The van der Waals surface area contributed by atoms with E-state index in [4.69, 9.17) is 0 Å². The smallest absolute Gasteiger partial charge is 0.121 e. The number of nitrogens with zero attached hydrogens (tertiary/aromatic N) is 1. The van der Waals surface area contributed by atoms with Crippen LogP contribution >= 0.6 is 12.4 Å². The Balaban J connectivity index is 0.000001000. The number of likely N-dealkylation sites (tertiary alicyclic amines) is 1. The minimum Gasteiger partial charge on any atom is -0.303 e. The Labute approximate surface area is 74.4 Å². The zero-order valence-electron chi connectivity index (χ0n) is 6.79. The van der Waals surface area contributed by atoms with Gasteiger partial charge in [-0.3, -0.25) is 0 Å². The molecule has 0 bridgehead atoms. The number of aldehydes is 1. The van der Waals surface area contributed by atoms with E-state index in [1.54, 1.807) is 0 Å². The van der Waals surface area contributed by atoms with Crippen LogP contribution in [0.25, 0.3) is 0 Å². The molecule has 1 aliphatic rings. The molecule has 3 heteroatoms. The second-order valence-electron chi connectivity index (χ2n) is 2.86. The maximum atomic E-state index is 10.0. The van der Waals surface area contributed by atoms with Crippen LogP contribution in [-0.4, -0.2) is 30.8 Å². The highest BCUT2D eigenvalue weighted by Crippen LogP contribution is 2.07. The SMILES string of the molecule is Cl.O=CCCN1CCCCC1. The van der Waals surface area contributed by atoms with Gasteiger partial charge >= 0.3 is 0 Å². The van der Waals surface area contributed by atoms with E-state index >= 15 is 0 Å². The summed E-state index contributed by atoms with van der Waals surface area (Å²) < 4.78 is 0. The van der Waals surface area contributed by atoms with Crippen LogP contribution in [0.3, 0.4) is 0 Å². The van der Waals surface area contributed by atoms with E-state index in [0.717, 1.165) is 12.8 Å². The first-order valence-electron chi connectivity index (χ1n) is 4.09. The molecule has 1 aliphatic heterocycles. The number of hydrogen-bond donors (Lipinski definition) is 0. The van der Waals surface area contributed by atoms with Crippen LogP contribution in [-0.2, 0) is 4.79 Å². The maximum absolute atomic E-state index is 10.0. The summed E-state index contributed by atoms with van der Waals surface area (Å²) in [5.41, 5.74) is 0. The lowest BCUT2D eigenvalue weighted by molar-refractivity contribution is -0.108. The van der Waals surface area contributed by atoms with Crippen molar-refractivity contribution in [3.05, 3.63) is 0 Å². The fraction of sp³-hybridized carbons (Fsp3) is 0.875. The van der Waals surface area contributed by atoms with E-state index in [2.05, 4.69) is 4.90 Å². The van der Waals surface area contributed by atoms with Gasteiger partial charge in [-0.1, -0.05) is 6.42 Å². The Morgan fingerprint density at radius 2 is 1.82 bits per heavy atom. The van der Waals surface area contributed by atoms with Gasteiger partial charge in [0.1, 0.15) is 6.29 Å². The molecule has 0 N–H and O–H groups in total. The van der Waals surface area contributed by atoms with Crippen LogP contribution in [0.1, 0.15) is 25.7 Å². The Morgan fingerprint density at radius 3 is 2.36 bits per heavy atom.